The number of rotatable bonds is 7. The van der Waals surface area contributed by atoms with Crippen molar-refractivity contribution in [2.45, 2.75) is 18.9 Å². The predicted molar refractivity (Wildman–Crippen MR) is 109 cm³/mol. The minimum absolute atomic E-state index is 0.0838. The van der Waals surface area contributed by atoms with E-state index in [-0.39, 0.29) is 12.4 Å². The number of phenols is 1. The molecule has 2 aromatic carbocycles. The van der Waals surface area contributed by atoms with Gasteiger partial charge in [0.25, 0.3) is 0 Å². The minimum Gasteiger partial charge on any atom is -0.507 e. The molecule has 0 aliphatic rings. The SMILES string of the molecule is OC/C=C\[C@H](O)CC/C(=C/c1ccc(O)c2ccccc12)c1ccccn1. The first-order chi connectivity index (χ1) is 13.2. The normalized spacial score (nSPS) is 13.3. The molecule has 4 heteroatoms. The lowest BCUT2D eigenvalue weighted by atomic mass is 9.97. The molecule has 0 saturated carbocycles. The number of hydrogen-bond donors (Lipinski definition) is 3. The molecule has 3 N–H and O–H groups in total. The maximum absolute atomic E-state index is 10.1. The van der Waals surface area contributed by atoms with Crippen molar-refractivity contribution < 1.29 is 15.3 Å². The third-order valence-corrected chi connectivity index (χ3v) is 4.43. The summed E-state index contributed by atoms with van der Waals surface area (Å²) in [4.78, 5) is 4.46. The lowest BCUT2D eigenvalue weighted by Gasteiger charge is -2.11. The molecule has 3 rings (SSSR count). The lowest BCUT2D eigenvalue weighted by Crippen LogP contribution is -2.03. The largest absolute Gasteiger partial charge is 0.507 e. The van der Waals surface area contributed by atoms with Gasteiger partial charge in [-0.3, -0.25) is 4.98 Å². The van der Waals surface area contributed by atoms with Gasteiger partial charge in [0.05, 0.1) is 18.4 Å². The smallest absolute Gasteiger partial charge is 0.123 e. The molecule has 3 aromatic rings. The molecule has 0 fully saturated rings. The number of hydrogen-bond acceptors (Lipinski definition) is 4. The fourth-order valence-corrected chi connectivity index (χ4v) is 3.06. The second-order valence-electron chi connectivity index (χ2n) is 6.32. The van der Waals surface area contributed by atoms with E-state index in [2.05, 4.69) is 11.1 Å². The standard InChI is InChI=1S/C23H23NO3/c25-15-5-6-19(26)12-10-18(22-9-3-4-14-24-22)16-17-11-13-23(27)21-8-2-1-7-20(17)21/h1-9,11,13-14,16,19,25-27H,10,12,15H2/b6-5-,18-16-/t19-/m0/s1. The van der Waals surface area contributed by atoms with Crippen LogP contribution in [0.2, 0.25) is 0 Å². The third-order valence-electron chi connectivity index (χ3n) is 4.43. The van der Waals surface area contributed by atoms with E-state index in [1.54, 1.807) is 24.4 Å². The molecule has 1 heterocycles. The average Bonchev–Trinajstić information content (AvgIpc) is 2.72. The highest BCUT2D eigenvalue weighted by molar-refractivity contribution is 5.98. The van der Waals surface area contributed by atoms with Gasteiger partial charge >= 0.3 is 0 Å². The maximum atomic E-state index is 10.1. The molecule has 0 saturated heterocycles. The van der Waals surface area contributed by atoms with Crippen LogP contribution in [0.25, 0.3) is 22.4 Å². The Morgan fingerprint density at radius 2 is 1.78 bits per heavy atom. The molecule has 1 atom stereocenters. The lowest BCUT2D eigenvalue weighted by molar-refractivity contribution is 0.213. The van der Waals surface area contributed by atoms with Crippen LogP contribution < -0.4 is 0 Å². The molecule has 27 heavy (non-hydrogen) atoms. The molecule has 0 radical (unpaired) electrons. The van der Waals surface area contributed by atoms with E-state index in [0.717, 1.165) is 27.6 Å². The molecule has 0 aliphatic carbocycles. The Bertz CT molecular complexity index is 948. The van der Waals surface area contributed by atoms with E-state index < -0.39 is 6.10 Å². The van der Waals surface area contributed by atoms with Gasteiger partial charge in [-0.25, -0.2) is 0 Å². The van der Waals surface area contributed by atoms with Crippen molar-refractivity contribution in [3.8, 4) is 5.75 Å². The average molecular weight is 361 g/mol. The summed E-state index contributed by atoms with van der Waals surface area (Å²) in [6.07, 6.45) is 7.49. The van der Waals surface area contributed by atoms with Crippen LogP contribution in [0.1, 0.15) is 24.1 Å². The Balaban J connectivity index is 1.98. The maximum Gasteiger partial charge on any atom is 0.123 e. The summed E-state index contributed by atoms with van der Waals surface area (Å²) in [5.41, 5.74) is 2.85. The number of aliphatic hydroxyl groups excluding tert-OH is 2. The summed E-state index contributed by atoms with van der Waals surface area (Å²) >= 11 is 0. The van der Waals surface area contributed by atoms with Gasteiger partial charge in [0, 0.05) is 11.6 Å². The monoisotopic (exact) mass is 361 g/mol. The highest BCUT2D eigenvalue weighted by Crippen LogP contribution is 2.31. The van der Waals surface area contributed by atoms with Crippen LogP contribution in [-0.2, 0) is 0 Å². The van der Waals surface area contributed by atoms with Crippen LogP contribution in [0.15, 0.2) is 72.9 Å². The van der Waals surface area contributed by atoms with Crippen molar-refractivity contribution in [3.05, 3.63) is 84.2 Å². The molecule has 0 aliphatic heterocycles. The minimum atomic E-state index is -0.624. The first kappa shape index (κ1) is 18.8. The van der Waals surface area contributed by atoms with E-state index >= 15 is 0 Å². The number of aromatic nitrogens is 1. The Hall–Kier alpha value is -2.95. The predicted octanol–water partition coefficient (Wildman–Crippen LogP) is 4.17. The molecular weight excluding hydrogens is 338 g/mol. The summed E-state index contributed by atoms with van der Waals surface area (Å²) < 4.78 is 0. The Kier molecular flexibility index (Phi) is 6.36. The van der Waals surface area contributed by atoms with E-state index in [9.17, 15) is 10.2 Å². The van der Waals surface area contributed by atoms with Crippen molar-refractivity contribution in [1.29, 1.82) is 0 Å². The van der Waals surface area contributed by atoms with Gasteiger partial charge in [0.15, 0.2) is 0 Å². The first-order valence-corrected chi connectivity index (χ1v) is 8.97. The second kappa shape index (κ2) is 9.12. The van der Waals surface area contributed by atoms with Crippen LogP contribution in [0.5, 0.6) is 5.75 Å². The summed E-state index contributed by atoms with van der Waals surface area (Å²) in [6.45, 7) is -0.0838. The Morgan fingerprint density at radius 1 is 1.00 bits per heavy atom. The molecule has 0 amide bonds. The first-order valence-electron chi connectivity index (χ1n) is 8.97. The third kappa shape index (κ3) is 4.82. The number of fused-ring (bicyclic) bond motifs is 1. The second-order valence-corrected chi connectivity index (χ2v) is 6.32. The van der Waals surface area contributed by atoms with Gasteiger partial charge in [-0.2, -0.15) is 0 Å². The zero-order chi connectivity index (χ0) is 19.1. The van der Waals surface area contributed by atoms with E-state index in [1.165, 1.54) is 0 Å². The highest BCUT2D eigenvalue weighted by Gasteiger charge is 2.09. The van der Waals surface area contributed by atoms with Crippen LogP contribution in [0.3, 0.4) is 0 Å². The zero-order valence-electron chi connectivity index (χ0n) is 15.0. The van der Waals surface area contributed by atoms with Crippen molar-refractivity contribution in [2.75, 3.05) is 6.61 Å². The van der Waals surface area contributed by atoms with Gasteiger partial charge in [-0.1, -0.05) is 48.6 Å². The van der Waals surface area contributed by atoms with Crippen molar-refractivity contribution in [3.63, 3.8) is 0 Å². The van der Waals surface area contributed by atoms with Gasteiger partial charge < -0.3 is 15.3 Å². The van der Waals surface area contributed by atoms with Crippen molar-refractivity contribution in [2.24, 2.45) is 0 Å². The van der Waals surface area contributed by atoms with Crippen molar-refractivity contribution >= 4 is 22.4 Å². The number of nitrogens with zero attached hydrogens (tertiary/aromatic N) is 1. The van der Waals surface area contributed by atoms with Crippen LogP contribution in [-0.4, -0.2) is 33.0 Å². The van der Waals surface area contributed by atoms with E-state index in [0.29, 0.717) is 12.8 Å². The number of pyridine rings is 1. The summed E-state index contributed by atoms with van der Waals surface area (Å²) in [5.74, 6) is 0.256. The van der Waals surface area contributed by atoms with Gasteiger partial charge in [0.2, 0.25) is 0 Å². The summed E-state index contributed by atoms with van der Waals surface area (Å²) in [5, 5.41) is 30.8. The van der Waals surface area contributed by atoms with Crippen molar-refractivity contribution in [1.82, 2.24) is 4.98 Å². The quantitative estimate of drug-likeness (QED) is 0.552. The Labute approximate surface area is 158 Å². The van der Waals surface area contributed by atoms with E-state index in [4.69, 9.17) is 5.11 Å². The summed E-state index contributed by atoms with van der Waals surface area (Å²) in [7, 11) is 0. The number of aliphatic hydroxyl groups is 2. The fourth-order valence-electron chi connectivity index (χ4n) is 3.06. The zero-order valence-corrected chi connectivity index (χ0v) is 15.0. The molecule has 1 aromatic heterocycles. The van der Waals surface area contributed by atoms with Gasteiger partial charge in [0.1, 0.15) is 5.75 Å². The molecule has 0 spiro atoms. The van der Waals surface area contributed by atoms with Crippen LogP contribution in [0.4, 0.5) is 0 Å². The highest BCUT2D eigenvalue weighted by atomic mass is 16.3. The Morgan fingerprint density at radius 3 is 2.52 bits per heavy atom. The molecule has 0 unspecified atom stereocenters. The van der Waals surface area contributed by atoms with E-state index in [1.807, 2.05) is 48.5 Å². The number of phenolic OH excluding ortho intramolecular Hbond substituents is 1. The summed E-state index contributed by atoms with van der Waals surface area (Å²) in [6, 6.07) is 17.1. The van der Waals surface area contributed by atoms with Crippen LogP contribution >= 0.6 is 0 Å². The number of allylic oxidation sites excluding steroid dienone is 1. The molecule has 138 valence electrons. The fraction of sp³-hybridized carbons (Fsp3) is 0.174. The van der Waals surface area contributed by atoms with Gasteiger partial charge in [-0.05, 0) is 53.6 Å². The number of aromatic hydroxyl groups is 1. The molecule has 0 bridgehead atoms. The topological polar surface area (TPSA) is 73.6 Å². The van der Waals surface area contributed by atoms with Crippen LogP contribution in [0, 0.1) is 0 Å². The number of benzene rings is 2. The molecule has 4 nitrogen and oxygen atoms in total. The van der Waals surface area contributed by atoms with Gasteiger partial charge in [-0.15, -0.1) is 0 Å². The molecular formula is C23H23NO3.